The highest BCUT2D eigenvalue weighted by molar-refractivity contribution is 7.80. The van der Waals surface area contributed by atoms with Crippen molar-refractivity contribution in [2.75, 3.05) is 5.32 Å². The van der Waals surface area contributed by atoms with Gasteiger partial charge in [0, 0.05) is 12.2 Å². The van der Waals surface area contributed by atoms with E-state index in [2.05, 4.69) is 10.6 Å². The van der Waals surface area contributed by atoms with Crippen LogP contribution in [0, 0.1) is 5.82 Å². The topological polar surface area (TPSA) is 24.1 Å². The second-order valence-corrected chi connectivity index (χ2v) is 3.02. The Labute approximate surface area is 74.8 Å². The van der Waals surface area contributed by atoms with Gasteiger partial charge in [-0.05, 0) is 29.9 Å². The largest absolute Gasteiger partial charge is 0.358 e. The van der Waals surface area contributed by atoms with E-state index < -0.39 is 0 Å². The van der Waals surface area contributed by atoms with E-state index in [0.717, 1.165) is 11.3 Å². The molecule has 1 heterocycles. The summed E-state index contributed by atoms with van der Waals surface area (Å²) < 4.78 is 12.7. The van der Waals surface area contributed by atoms with E-state index in [4.69, 9.17) is 12.2 Å². The number of rotatable bonds is 0. The summed E-state index contributed by atoms with van der Waals surface area (Å²) in [7, 11) is 0. The fraction of sp³-hybridized carbons (Fsp3) is 0.125. The molecule has 2 N–H and O–H groups in total. The van der Waals surface area contributed by atoms with Gasteiger partial charge in [0.25, 0.3) is 0 Å². The van der Waals surface area contributed by atoms with E-state index in [1.807, 2.05) is 0 Å². The first-order valence-corrected chi connectivity index (χ1v) is 4.00. The molecule has 1 aromatic carbocycles. The Morgan fingerprint density at radius 1 is 1.42 bits per heavy atom. The molecule has 1 aromatic rings. The lowest BCUT2D eigenvalue weighted by atomic mass is 10.1. The average molecular weight is 182 g/mol. The summed E-state index contributed by atoms with van der Waals surface area (Å²) in [5.74, 6) is -0.244. The van der Waals surface area contributed by atoms with Crippen LogP contribution in [0.5, 0.6) is 0 Å². The molecule has 62 valence electrons. The third-order valence-electron chi connectivity index (χ3n) is 1.76. The number of halogens is 1. The molecule has 0 aliphatic carbocycles. The van der Waals surface area contributed by atoms with Crippen molar-refractivity contribution >= 4 is 23.0 Å². The predicted molar refractivity (Wildman–Crippen MR) is 49.5 cm³/mol. The number of anilines is 1. The molecule has 12 heavy (non-hydrogen) atoms. The van der Waals surface area contributed by atoms with Crippen LogP contribution in [0.25, 0.3) is 0 Å². The zero-order valence-electron chi connectivity index (χ0n) is 6.23. The van der Waals surface area contributed by atoms with E-state index in [1.54, 1.807) is 6.07 Å². The normalized spacial score (nSPS) is 14.6. The highest BCUT2D eigenvalue weighted by atomic mass is 32.1. The van der Waals surface area contributed by atoms with Crippen molar-refractivity contribution in [3.8, 4) is 0 Å². The first-order valence-electron chi connectivity index (χ1n) is 3.59. The van der Waals surface area contributed by atoms with Crippen molar-refractivity contribution in [1.29, 1.82) is 0 Å². The molecular formula is C8H7FN2S. The number of thiocarbonyl (C=S) groups is 1. The summed E-state index contributed by atoms with van der Waals surface area (Å²) in [6.45, 7) is 0.668. The molecule has 0 spiro atoms. The maximum absolute atomic E-state index is 12.7. The minimum absolute atomic E-state index is 0.244. The lowest BCUT2D eigenvalue weighted by molar-refractivity contribution is 0.627. The van der Waals surface area contributed by atoms with Gasteiger partial charge in [-0.1, -0.05) is 6.07 Å². The first kappa shape index (κ1) is 7.49. The Morgan fingerprint density at radius 3 is 3.08 bits per heavy atom. The van der Waals surface area contributed by atoms with E-state index >= 15 is 0 Å². The zero-order chi connectivity index (χ0) is 8.55. The van der Waals surface area contributed by atoms with Crippen molar-refractivity contribution in [3.05, 3.63) is 29.6 Å². The van der Waals surface area contributed by atoms with Gasteiger partial charge in [-0.3, -0.25) is 0 Å². The van der Waals surface area contributed by atoms with Gasteiger partial charge in [0.15, 0.2) is 5.11 Å². The van der Waals surface area contributed by atoms with Gasteiger partial charge < -0.3 is 10.6 Å². The van der Waals surface area contributed by atoms with Crippen molar-refractivity contribution in [1.82, 2.24) is 5.32 Å². The van der Waals surface area contributed by atoms with Crippen molar-refractivity contribution in [3.63, 3.8) is 0 Å². The minimum atomic E-state index is -0.244. The van der Waals surface area contributed by atoms with Gasteiger partial charge in [0.05, 0.1) is 0 Å². The van der Waals surface area contributed by atoms with Crippen molar-refractivity contribution in [2.45, 2.75) is 6.54 Å². The molecule has 0 saturated heterocycles. The van der Waals surface area contributed by atoms with E-state index in [0.29, 0.717) is 11.7 Å². The molecule has 4 heteroatoms. The standard InChI is InChI=1S/C8H7FN2S/c9-6-2-1-5-4-10-8(12)11-7(5)3-6/h1-3H,4H2,(H2,10,11,12). The molecule has 0 bridgehead atoms. The summed E-state index contributed by atoms with van der Waals surface area (Å²) in [5, 5.41) is 6.39. The molecule has 2 nitrogen and oxygen atoms in total. The van der Waals surface area contributed by atoms with Crippen molar-refractivity contribution < 1.29 is 4.39 Å². The maximum Gasteiger partial charge on any atom is 0.171 e. The fourth-order valence-electron chi connectivity index (χ4n) is 1.16. The second-order valence-electron chi connectivity index (χ2n) is 2.61. The molecule has 0 aromatic heterocycles. The summed E-state index contributed by atoms with van der Waals surface area (Å²) in [5.41, 5.74) is 1.80. The van der Waals surface area contributed by atoms with Crippen molar-refractivity contribution in [2.24, 2.45) is 0 Å². The SMILES string of the molecule is Fc1ccc2c(c1)NC(=S)NC2. The Kier molecular flexibility index (Phi) is 1.69. The number of fused-ring (bicyclic) bond motifs is 1. The smallest absolute Gasteiger partial charge is 0.171 e. The molecule has 1 aliphatic rings. The quantitative estimate of drug-likeness (QED) is 0.596. The Balaban J connectivity index is 2.44. The highest BCUT2D eigenvalue weighted by Gasteiger charge is 2.10. The van der Waals surface area contributed by atoms with Gasteiger partial charge >= 0.3 is 0 Å². The lowest BCUT2D eigenvalue weighted by Gasteiger charge is -2.19. The van der Waals surface area contributed by atoms with Crippen LogP contribution in [0.3, 0.4) is 0 Å². The molecule has 0 saturated carbocycles. The number of hydrogen-bond acceptors (Lipinski definition) is 1. The van der Waals surface area contributed by atoms with Crippen LogP contribution in [0.15, 0.2) is 18.2 Å². The summed E-state index contributed by atoms with van der Waals surface area (Å²) in [6.07, 6.45) is 0. The molecule has 0 fully saturated rings. The molecule has 0 amide bonds. The van der Waals surface area contributed by atoms with Gasteiger partial charge in [-0.25, -0.2) is 4.39 Å². The third kappa shape index (κ3) is 1.25. The minimum Gasteiger partial charge on any atom is -0.358 e. The summed E-state index contributed by atoms with van der Waals surface area (Å²) >= 11 is 4.88. The van der Waals surface area contributed by atoms with Crippen LogP contribution in [0.2, 0.25) is 0 Å². The van der Waals surface area contributed by atoms with Gasteiger partial charge in [0.1, 0.15) is 5.82 Å². The Morgan fingerprint density at radius 2 is 2.25 bits per heavy atom. The monoisotopic (exact) mass is 182 g/mol. The molecular weight excluding hydrogens is 175 g/mol. The van der Waals surface area contributed by atoms with E-state index in [1.165, 1.54) is 12.1 Å². The van der Waals surface area contributed by atoms with Gasteiger partial charge in [-0.15, -0.1) is 0 Å². The van der Waals surface area contributed by atoms with Gasteiger partial charge in [-0.2, -0.15) is 0 Å². The van der Waals surface area contributed by atoms with Crippen LogP contribution in [-0.4, -0.2) is 5.11 Å². The Hall–Kier alpha value is -1.16. The van der Waals surface area contributed by atoms with Crippen LogP contribution in [-0.2, 0) is 6.54 Å². The van der Waals surface area contributed by atoms with E-state index in [-0.39, 0.29) is 5.82 Å². The summed E-state index contributed by atoms with van der Waals surface area (Å²) in [6, 6.07) is 4.63. The molecule has 0 radical (unpaired) electrons. The van der Waals surface area contributed by atoms with Crippen LogP contribution < -0.4 is 10.6 Å². The lowest BCUT2D eigenvalue weighted by Crippen LogP contribution is -2.33. The van der Waals surface area contributed by atoms with Crippen LogP contribution in [0.4, 0.5) is 10.1 Å². The number of hydrogen-bond donors (Lipinski definition) is 2. The molecule has 0 unspecified atom stereocenters. The number of benzene rings is 1. The zero-order valence-corrected chi connectivity index (χ0v) is 7.04. The average Bonchev–Trinajstić information content (AvgIpc) is 2.03. The molecule has 1 aliphatic heterocycles. The number of nitrogens with one attached hydrogen (secondary N) is 2. The molecule has 0 atom stereocenters. The second kappa shape index (κ2) is 2.71. The predicted octanol–water partition coefficient (Wildman–Crippen LogP) is 1.63. The first-order chi connectivity index (χ1) is 5.75. The highest BCUT2D eigenvalue weighted by Crippen LogP contribution is 2.19. The van der Waals surface area contributed by atoms with E-state index in [9.17, 15) is 4.39 Å². The third-order valence-corrected chi connectivity index (χ3v) is 2.01. The van der Waals surface area contributed by atoms with Crippen LogP contribution in [0.1, 0.15) is 5.56 Å². The fourth-order valence-corrected chi connectivity index (χ4v) is 1.34. The maximum atomic E-state index is 12.7. The molecule has 2 rings (SSSR count). The van der Waals surface area contributed by atoms with Crippen LogP contribution >= 0.6 is 12.2 Å². The van der Waals surface area contributed by atoms with Gasteiger partial charge in [0.2, 0.25) is 0 Å². The summed E-state index contributed by atoms with van der Waals surface area (Å²) in [4.78, 5) is 0. The Bertz CT molecular complexity index is 338.